The monoisotopic (exact) mass is 465 g/mol. The molecule has 7 nitrogen and oxygen atoms in total. The summed E-state index contributed by atoms with van der Waals surface area (Å²) < 4.78 is 16.8. The molecule has 2 aromatic rings. The van der Waals surface area contributed by atoms with Gasteiger partial charge in [-0.05, 0) is 54.8 Å². The number of aliphatic hydroxyl groups excluding tert-OH is 1. The normalized spacial score (nSPS) is 21.0. The highest BCUT2D eigenvalue weighted by molar-refractivity contribution is 6.46. The Morgan fingerprint density at radius 2 is 2.00 bits per heavy atom. The maximum Gasteiger partial charge on any atom is 0.295 e. The maximum atomic E-state index is 13.2. The molecule has 4 rings (SSSR count). The zero-order valence-corrected chi connectivity index (χ0v) is 19.9. The Hall–Kier alpha value is -3.32. The minimum Gasteiger partial charge on any atom is -0.507 e. The zero-order chi connectivity index (χ0) is 24.2. The van der Waals surface area contributed by atoms with Crippen LogP contribution in [0.1, 0.15) is 49.4 Å². The van der Waals surface area contributed by atoms with Crippen LogP contribution in [0.25, 0.3) is 5.76 Å². The van der Waals surface area contributed by atoms with Crippen molar-refractivity contribution in [2.75, 3.05) is 26.9 Å². The minimum absolute atomic E-state index is 0.0578. The number of carbonyl (C=O) groups is 2. The Labute approximate surface area is 199 Å². The summed E-state index contributed by atoms with van der Waals surface area (Å²) in [4.78, 5) is 27.6. The van der Waals surface area contributed by atoms with Gasteiger partial charge in [0, 0.05) is 25.6 Å². The van der Waals surface area contributed by atoms with Crippen LogP contribution < -0.4 is 9.47 Å². The highest BCUT2D eigenvalue weighted by Gasteiger charge is 2.46. The molecule has 0 aromatic heterocycles. The smallest absolute Gasteiger partial charge is 0.295 e. The lowest BCUT2D eigenvalue weighted by atomic mass is 9.94. The van der Waals surface area contributed by atoms with Gasteiger partial charge < -0.3 is 24.2 Å². The average Bonchev–Trinajstić information content (AvgIpc) is 3.33. The molecule has 0 saturated carbocycles. The van der Waals surface area contributed by atoms with E-state index in [1.54, 1.807) is 19.2 Å². The van der Waals surface area contributed by atoms with Gasteiger partial charge in [0.1, 0.15) is 23.4 Å². The molecule has 0 spiro atoms. The molecule has 180 valence electrons. The number of rotatable bonds is 9. The number of hydrogen-bond acceptors (Lipinski definition) is 6. The topological polar surface area (TPSA) is 85.3 Å². The number of benzene rings is 2. The van der Waals surface area contributed by atoms with Crippen LogP contribution in [0.2, 0.25) is 0 Å². The third kappa shape index (κ3) is 4.66. The molecule has 2 atom stereocenters. The van der Waals surface area contributed by atoms with Crippen molar-refractivity contribution in [3.05, 3.63) is 64.7 Å². The number of nitrogens with zero attached hydrogens (tertiary/aromatic N) is 1. The molecule has 2 aliphatic heterocycles. The lowest BCUT2D eigenvalue weighted by Crippen LogP contribution is -2.32. The molecule has 7 heteroatoms. The maximum absolute atomic E-state index is 13.2. The van der Waals surface area contributed by atoms with Crippen LogP contribution in [0.4, 0.5) is 0 Å². The van der Waals surface area contributed by atoms with Crippen LogP contribution in [0.15, 0.2) is 48.0 Å². The lowest BCUT2D eigenvalue weighted by Gasteiger charge is -2.25. The molecular weight excluding hydrogens is 434 g/mol. The Kier molecular flexibility index (Phi) is 7.22. The third-order valence-corrected chi connectivity index (χ3v) is 6.19. The van der Waals surface area contributed by atoms with Gasteiger partial charge in [-0.1, -0.05) is 25.5 Å². The molecule has 1 saturated heterocycles. The van der Waals surface area contributed by atoms with Crippen molar-refractivity contribution in [2.24, 2.45) is 0 Å². The minimum atomic E-state index is -0.742. The number of fused-ring (bicyclic) bond motifs is 1. The first-order chi connectivity index (χ1) is 16.4. The van der Waals surface area contributed by atoms with Gasteiger partial charge in [0.25, 0.3) is 11.7 Å². The number of unbranched alkanes of at least 4 members (excludes halogenated alkanes) is 1. The predicted molar refractivity (Wildman–Crippen MR) is 128 cm³/mol. The fraction of sp³-hybridized carbons (Fsp3) is 0.407. The second-order valence-corrected chi connectivity index (χ2v) is 8.71. The van der Waals surface area contributed by atoms with Crippen molar-refractivity contribution < 1.29 is 28.9 Å². The molecule has 0 bridgehead atoms. The number of aliphatic hydroxyl groups is 1. The Morgan fingerprint density at radius 3 is 2.76 bits per heavy atom. The number of hydrogen-bond donors (Lipinski definition) is 1. The molecule has 2 heterocycles. The standard InChI is InChI=1S/C27H31NO6/c1-4-5-12-33-21-8-6-7-18(16-21)24-23(26(30)27(31)28(24)11-13-32-3)25(29)19-9-10-22-20(15-19)14-17(2)34-22/h6-10,15-17,24,29H,4-5,11-14H2,1-3H3/b25-23+/t17-,24+/m0/s1. The van der Waals surface area contributed by atoms with Crippen LogP contribution >= 0.6 is 0 Å². The van der Waals surface area contributed by atoms with Gasteiger partial charge in [0.15, 0.2) is 0 Å². The second kappa shape index (κ2) is 10.3. The number of amides is 1. The number of likely N-dealkylation sites (tertiary alicyclic amines) is 1. The van der Waals surface area contributed by atoms with Crippen molar-refractivity contribution in [3.63, 3.8) is 0 Å². The SMILES string of the molecule is CCCCOc1cccc([C@@H]2/C(=C(\O)c3ccc4c(c3)C[C@H](C)O4)C(=O)C(=O)N2CCOC)c1. The molecule has 0 aliphatic carbocycles. The van der Waals surface area contributed by atoms with E-state index in [4.69, 9.17) is 14.2 Å². The summed E-state index contributed by atoms with van der Waals surface area (Å²) in [5, 5.41) is 11.3. The summed E-state index contributed by atoms with van der Waals surface area (Å²) in [7, 11) is 1.54. The Morgan fingerprint density at radius 1 is 1.18 bits per heavy atom. The largest absolute Gasteiger partial charge is 0.507 e. The summed E-state index contributed by atoms with van der Waals surface area (Å²) in [5.41, 5.74) is 2.22. The van der Waals surface area contributed by atoms with E-state index in [0.717, 1.165) is 30.6 Å². The van der Waals surface area contributed by atoms with Crippen molar-refractivity contribution in [2.45, 2.75) is 45.3 Å². The summed E-state index contributed by atoms with van der Waals surface area (Å²) in [6.07, 6.45) is 2.72. The molecule has 0 unspecified atom stereocenters. The third-order valence-electron chi connectivity index (χ3n) is 6.19. The van der Waals surface area contributed by atoms with E-state index >= 15 is 0 Å². The van der Waals surface area contributed by atoms with Gasteiger partial charge in [-0.25, -0.2) is 0 Å². The molecule has 34 heavy (non-hydrogen) atoms. The van der Waals surface area contributed by atoms with E-state index in [1.807, 2.05) is 37.3 Å². The molecule has 1 fully saturated rings. The van der Waals surface area contributed by atoms with E-state index in [-0.39, 0.29) is 30.6 Å². The fourth-order valence-electron chi connectivity index (χ4n) is 4.48. The number of methoxy groups -OCH3 is 1. The number of ketones is 1. The predicted octanol–water partition coefficient (Wildman–Crippen LogP) is 4.26. The molecule has 1 N–H and O–H groups in total. The quantitative estimate of drug-likeness (QED) is 0.258. The summed E-state index contributed by atoms with van der Waals surface area (Å²) in [5.74, 6) is -0.118. The van der Waals surface area contributed by atoms with Crippen molar-refractivity contribution in [1.29, 1.82) is 0 Å². The molecule has 2 aliphatic rings. The summed E-state index contributed by atoms with van der Waals surface area (Å²) in [6.45, 7) is 5.15. The van der Waals surface area contributed by atoms with Crippen LogP contribution in [-0.4, -0.2) is 54.7 Å². The fourth-order valence-corrected chi connectivity index (χ4v) is 4.48. The Bertz CT molecular complexity index is 1110. The van der Waals surface area contributed by atoms with E-state index in [9.17, 15) is 14.7 Å². The summed E-state index contributed by atoms with van der Waals surface area (Å²) in [6, 6.07) is 12.0. The first-order valence-corrected chi connectivity index (χ1v) is 11.7. The highest BCUT2D eigenvalue weighted by Crippen LogP contribution is 2.41. The second-order valence-electron chi connectivity index (χ2n) is 8.71. The molecular formula is C27H31NO6. The first kappa shape index (κ1) is 23.8. The summed E-state index contributed by atoms with van der Waals surface area (Å²) >= 11 is 0. The van der Waals surface area contributed by atoms with Gasteiger partial charge in [-0.2, -0.15) is 0 Å². The highest BCUT2D eigenvalue weighted by atomic mass is 16.5. The number of ether oxygens (including phenoxy) is 3. The lowest BCUT2D eigenvalue weighted by molar-refractivity contribution is -0.140. The molecule has 2 aromatic carbocycles. The van der Waals surface area contributed by atoms with Gasteiger partial charge >= 0.3 is 0 Å². The van der Waals surface area contributed by atoms with Crippen molar-refractivity contribution in [3.8, 4) is 11.5 Å². The average molecular weight is 466 g/mol. The zero-order valence-electron chi connectivity index (χ0n) is 19.9. The van der Waals surface area contributed by atoms with Crippen LogP contribution in [-0.2, 0) is 20.7 Å². The number of carbonyl (C=O) groups excluding carboxylic acids is 2. The van der Waals surface area contributed by atoms with E-state index in [2.05, 4.69) is 6.92 Å². The van der Waals surface area contributed by atoms with Crippen LogP contribution in [0.3, 0.4) is 0 Å². The van der Waals surface area contributed by atoms with E-state index < -0.39 is 17.7 Å². The van der Waals surface area contributed by atoms with E-state index in [0.29, 0.717) is 23.5 Å². The molecule has 1 amide bonds. The first-order valence-electron chi connectivity index (χ1n) is 11.7. The van der Waals surface area contributed by atoms with Crippen LogP contribution in [0, 0.1) is 0 Å². The van der Waals surface area contributed by atoms with Crippen molar-refractivity contribution in [1.82, 2.24) is 4.90 Å². The van der Waals surface area contributed by atoms with Gasteiger partial charge in [0.2, 0.25) is 0 Å². The van der Waals surface area contributed by atoms with Gasteiger partial charge in [-0.3, -0.25) is 9.59 Å². The Balaban J connectivity index is 1.77. The van der Waals surface area contributed by atoms with Gasteiger partial charge in [-0.15, -0.1) is 0 Å². The molecule has 0 radical (unpaired) electrons. The van der Waals surface area contributed by atoms with Crippen LogP contribution in [0.5, 0.6) is 11.5 Å². The van der Waals surface area contributed by atoms with Gasteiger partial charge in [0.05, 0.1) is 24.8 Å². The number of Topliss-reactive ketones (excluding diaryl/α,β-unsaturated/α-hetero) is 1. The van der Waals surface area contributed by atoms with Crippen molar-refractivity contribution >= 4 is 17.4 Å². The van der Waals surface area contributed by atoms with E-state index in [1.165, 1.54) is 4.90 Å².